The van der Waals surface area contributed by atoms with Gasteiger partial charge in [-0.15, -0.1) is 0 Å². The Morgan fingerprint density at radius 2 is 1.56 bits per heavy atom. The maximum Gasteiger partial charge on any atom is 0.0912 e. The van der Waals surface area contributed by atoms with Gasteiger partial charge in [-0.05, 0) is 34.9 Å². The van der Waals surface area contributed by atoms with Crippen LogP contribution in [0.3, 0.4) is 0 Å². The standard InChI is InChI=1S/C16H12N2/c17-11-3-6-15-4-1-2-5-16(15)8-7-14-9-12-18-13-10-14/h1-10,12-13H/b6-3+,8-7+. The molecule has 18 heavy (non-hydrogen) atoms. The summed E-state index contributed by atoms with van der Waals surface area (Å²) in [7, 11) is 0. The number of rotatable bonds is 3. The number of nitriles is 1. The van der Waals surface area contributed by atoms with Crippen LogP contribution in [0, 0.1) is 11.3 Å². The Morgan fingerprint density at radius 3 is 2.22 bits per heavy atom. The first-order valence-corrected chi connectivity index (χ1v) is 5.63. The topological polar surface area (TPSA) is 36.7 Å². The van der Waals surface area contributed by atoms with E-state index in [4.69, 9.17) is 5.26 Å². The van der Waals surface area contributed by atoms with Crippen molar-refractivity contribution in [2.24, 2.45) is 0 Å². The number of benzene rings is 1. The second-order valence-electron chi connectivity index (χ2n) is 3.71. The van der Waals surface area contributed by atoms with E-state index < -0.39 is 0 Å². The van der Waals surface area contributed by atoms with Crippen molar-refractivity contribution in [1.82, 2.24) is 4.98 Å². The highest BCUT2D eigenvalue weighted by atomic mass is 14.6. The quantitative estimate of drug-likeness (QED) is 0.755. The lowest BCUT2D eigenvalue weighted by molar-refractivity contribution is 1.32. The first-order valence-electron chi connectivity index (χ1n) is 5.63. The van der Waals surface area contributed by atoms with Crippen molar-refractivity contribution in [3.05, 3.63) is 71.6 Å². The van der Waals surface area contributed by atoms with Crippen molar-refractivity contribution in [2.75, 3.05) is 0 Å². The molecule has 0 unspecified atom stereocenters. The Bertz CT molecular complexity index is 604. The molecule has 0 aliphatic rings. The lowest BCUT2D eigenvalue weighted by Gasteiger charge is -1.99. The van der Waals surface area contributed by atoms with Crippen LogP contribution in [0.1, 0.15) is 16.7 Å². The van der Waals surface area contributed by atoms with Gasteiger partial charge >= 0.3 is 0 Å². The number of hydrogen-bond acceptors (Lipinski definition) is 2. The molecule has 0 atom stereocenters. The zero-order valence-corrected chi connectivity index (χ0v) is 9.82. The number of hydrogen-bond donors (Lipinski definition) is 0. The van der Waals surface area contributed by atoms with Crippen LogP contribution >= 0.6 is 0 Å². The lowest BCUT2D eigenvalue weighted by Crippen LogP contribution is -1.79. The fraction of sp³-hybridized carbons (Fsp3) is 0. The minimum Gasteiger partial charge on any atom is -0.265 e. The van der Waals surface area contributed by atoms with Crippen LogP contribution < -0.4 is 0 Å². The maximum absolute atomic E-state index is 8.56. The summed E-state index contributed by atoms with van der Waals surface area (Å²) in [6, 6.07) is 13.9. The highest BCUT2D eigenvalue weighted by molar-refractivity contribution is 5.75. The summed E-state index contributed by atoms with van der Waals surface area (Å²) in [5.41, 5.74) is 3.22. The molecule has 2 rings (SSSR count). The maximum atomic E-state index is 8.56. The van der Waals surface area contributed by atoms with E-state index in [2.05, 4.69) is 4.98 Å². The van der Waals surface area contributed by atoms with E-state index in [1.165, 1.54) is 6.08 Å². The summed E-state index contributed by atoms with van der Waals surface area (Å²) in [5.74, 6) is 0. The molecule has 0 radical (unpaired) electrons. The Kier molecular flexibility index (Phi) is 4.05. The molecule has 0 spiro atoms. The molecule has 2 nitrogen and oxygen atoms in total. The SMILES string of the molecule is N#C/C=C/c1ccccc1/C=C/c1ccncc1. The van der Waals surface area contributed by atoms with E-state index >= 15 is 0 Å². The Labute approximate surface area is 107 Å². The Hall–Kier alpha value is -2.66. The average molecular weight is 232 g/mol. The van der Waals surface area contributed by atoms with E-state index in [1.807, 2.05) is 60.7 Å². The molecule has 0 bridgehead atoms. The van der Waals surface area contributed by atoms with E-state index in [0.717, 1.165) is 16.7 Å². The van der Waals surface area contributed by atoms with Crippen molar-refractivity contribution in [3.8, 4) is 6.07 Å². The zero-order valence-electron chi connectivity index (χ0n) is 9.82. The predicted molar refractivity (Wildman–Crippen MR) is 74.3 cm³/mol. The van der Waals surface area contributed by atoms with Crippen LogP contribution in [-0.2, 0) is 0 Å². The van der Waals surface area contributed by atoms with Gasteiger partial charge in [0.05, 0.1) is 6.07 Å². The van der Waals surface area contributed by atoms with Gasteiger partial charge in [-0.1, -0.05) is 36.4 Å². The third kappa shape index (κ3) is 3.16. The first kappa shape index (κ1) is 11.8. The number of allylic oxidation sites excluding steroid dienone is 1. The van der Waals surface area contributed by atoms with Crippen LogP contribution in [0.25, 0.3) is 18.2 Å². The van der Waals surface area contributed by atoms with Gasteiger partial charge in [0.2, 0.25) is 0 Å². The lowest BCUT2D eigenvalue weighted by atomic mass is 10.1. The van der Waals surface area contributed by atoms with Gasteiger partial charge in [-0.3, -0.25) is 4.98 Å². The van der Waals surface area contributed by atoms with Gasteiger partial charge in [-0.2, -0.15) is 5.26 Å². The molecule has 0 aliphatic heterocycles. The van der Waals surface area contributed by atoms with Crippen molar-refractivity contribution in [2.45, 2.75) is 0 Å². The van der Waals surface area contributed by atoms with Crippen molar-refractivity contribution < 1.29 is 0 Å². The zero-order chi connectivity index (χ0) is 12.6. The molecule has 0 saturated carbocycles. The van der Waals surface area contributed by atoms with E-state index in [1.54, 1.807) is 12.4 Å². The smallest absolute Gasteiger partial charge is 0.0912 e. The predicted octanol–water partition coefficient (Wildman–Crippen LogP) is 3.79. The second-order valence-corrected chi connectivity index (χ2v) is 3.71. The molecule has 0 aliphatic carbocycles. The molecule has 2 aromatic rings. The van der Waals surface area contributed by atoms with Crippen molar-refractivity contribution in [3.63, 3.8) is 0 Å². The normalized spacial score (nSPS) is 10.8. The number of nitrogens with zero attached hydrogens (tertiary/aromatic N) is 2. The van der Waals surface area contributed by atoms with E-state index in [9.17, 15) is 0 Å². The minimum atomic E-state index is 1.03. The Balaban J connectivity index is 2.27. The molecule has 0 amide bonds. The first-order chi connectivity index (χ1) is 8.90. The molecule has 1 heterocycles. The van der Waals surface area contributed by atoms with Gasteiger partial charge < -0.3 is 0 Å². The van der Waals surface area contributed by atoms with Crippen molar-refractivity contribution >= 4 is 18.2 Å². The third-order valence-electron chi connectivity index (χ3n) is 2.49. The van der Waals surface area contributed by atoms with E-state index in [0.29, 0.717) is 0 Å². The van der Waals surface area contributed by atoms with E-state index in [-0.39, 0.29) is 0 Å². The molecule has 86 valence electrons. The van der Waals surface area contributed by atoms with Crippen LogP contribution in [-0.4, -0.2) is 4.98 Å². The molecule has 0 N–H and O–H groups in total. The fourth-order valence-electron chi connectivity index (χ4n) is 1.60. The summed E-state index contributed by atoms with van der Waals surface area (Å²) < 4.78 is 0. The summed E-state index contributed by atoms with van der Waals surface area (Å²) in [5, 5.41) is 8.56. The van der Waals surface area contributed by atoms with Crippen molar-refractivity contribution in [1.29, 1.82) is 5.26 Å². The summed E-state index contributed by atoms with van der Waals surface area (Å²) in [6.45, 7) is 0. The van der Waals surface area contributed by atoms with Gasteiger partial charge in [-0.25, -0.2) is 0 Å². The number of pyridine rings is 1. The third-order valence-corrected chi connectivity index (χ3v) is 2.49. The highest BCUT2D eigenvalue weighted by Gasteiger charge is 1.93. The second kappa shape index (κ2) is 6.17. The minimum absolute atomic E-state index is 1.03. The van der Waals surface area contributed by atoms with Crippen LogP contribution in [0.15, 0.2) is 54.9 Å². The summed E-state index contributed by atoms with van der Waals surface area (Å²) in [6.07, 6.45) is 10.9. The van der Waals surface area contributed by atoms with Gasteiger partial charge in [0.1, 0.15) is 0 Å². The summed E-state index contributed by atoms with van der Waals surface area (Å²) in [4.78, 5) is 3.98. The molecular formula is C16H12N2. The molecule has 2 heteroatoms. The molecule has 1 aromatic carbocycles. The molecule has 0 saturated heterocycles. The van der Waals surface area contributed by atoms with Gasteiger partial charge in [0.25, 0.3) is 0 Å². The monoisotopic (exact) mass is 232 g/mol. The fourth-order valence-corrected chi connectivity index (χ4v) is 1.60. The van der Waals surface area contributed by atoms with Crippen LogP contribution in [0.2, 0.25) is 0 Å². The largest absolute Gasteiger partial charge is 0.265 e. The molecule has 0 fully saturated rings. The van der Waals surface area contributed by atoms with Crippen LogP contribution in [0.5, 0.6) is 0 Å². The van der Waals surface area contributed by atoms with Crippen LogP contribution in [0.4, 0.5) is 0 Å². The summed E-state index contributed by atoms with van der Waals surface area (Å²) >= 11 is 0. The molecule has 1 aromatic heterocycles. The van der Waals surface area contributed by atoms with Gasteiger partial charge in [0, 0.05) is 18.5 Å². The highest BCUT2D eigenvalue weighted by Crippen LogP contribution is 2.14. The average Bonchev–Trinajstić information content (AvgIpc) is 2.45. The molecular weight excluding hydrogens is 220 g/mol. The number of aromatic nitrogens is 1. The van der Waals surface area contributed by atoms with Gasteiger partial charge in [0.15, 0.2) is 0 Å². The Morgan fingerprint density at radius 1 is 0.889 bits per heavy atom.